The monoisotopic (exact) mass is 1050 g/mol. The molecule has 1 rings (SSSR count). The van der Waals surface area contributed by atoms with E-state index in [1.807, 2.05) is 19.1 Å². The van der Waals surface area contributed by atoms with Gasteiger partial charge in [0.15, 0.2) is 33.3 Å². The van der Waals surface area contributed by atoms with Gasteiger partial charge in [0, 0.05) is 24.2 Å². The van der Waals surface area contributed by atoms with Gasteiger partial charge in [-0.2, -0.15) is 0 Å². The van der Waals surface area contributed by atoms with Gasteiger partial charge >= 0.3 is 12.1 Å². The highest BCUT2D eigenvalue weighted by atomic mass is 28.4. The fraction of sp³-hybridized carbons (Fsp3) is 0.825. The van der Waals surface area contributed by atoms with Gasteiger partial charge in [-0.1, -0.05) is 173 Å². The molecule has 13 heteroatoms. The first-order valence-corrected chi connectivity index (χ1v) is 38.4. The predicted octanol–water partition coefficient (Wildman–Crippen LogP) is 16.4. The maximum absolute atomic E-state index is 13.6. The van der Waals surface area contributed by atoms with Gasteiger partial charge in [-0.05, 0) is 111 Å². The Bertz CT molecular complexity index is 1780. The molecule has 1 fully saturated rings. The maximum Gasteiger partial charge on any atom is 0.404 e. The lowest BCUT2D eigenvalue weighted by Crippen LogP contribution is -2.55. The van der Waals surface area contributed by atoms with Crippen LogP contribution in [0.15, 0.2) is 48.6 Å². The quantitative estimate of drug-likeness (QED) is 0.0440. The summed E-state index contributed by atoms with van der Waals surface area (Å²) >= 11 is 0. The zero-order chi connectivity index (χ0) is 55.1. The van der Waals surface area contributed by atoms with E-state index in [-0.39, 0.29) is 98.1 Å². The van der Waals surface area contributed by atoms with E-state index in [1.54, 1.807) is 6.08 Å². The second-order valence-electron chi connectivity index (χ2n) is 27.8. The Balaban J connectivity index is 3.87. The molecule has 1 amide bonds. The van der Waals surface area contributed by atoms with Crippen molar-refractivity contribution in [2.45, 2.75) is 260 Å². The zero-order valence-electron chi connectivity index (χ0n) is 50.4. The molecule has 1 aliphatic rings. The number of amides is 1. The van der Waals surface area contributed by atoms with Crippen molar-refractivity contribution in [1.29, 1.82) is 0 Å². The molecule has 1 saturated heterocycles. The third kappa shape index (κ3) is 18.7. The van der Waals surface area contributed by atoms with E-state index in [1.165, 1.54) is 5.57 Å². The molecule has 0 aromatic rings. The second kappa shape index (κ2) is 25.3. The lowest BCUT2D eigenvalue weighted by atomic mass is 9.81. The van der Waals surface area contributed by atoms with Gasteiger partial charge in [0.25, 0.3) is 0 Å². The molecule has 0 unspecified atom stereocenters. The smallest absolute Gasteiger partial charge is 0.404 e. The second-order valence-corrected chi connectivity index (χ2v) is 46.9. The van der Waals surface area contributed by atoms with Crippen LogP contribution >= 0.6 is 0 Å². The Morgan fingerprint density at radius 3 is 1.56 bits per heavy atom. The Kier molecular flexibility index (Phi) is 24.0. The molecule has 0 aromatic heterocycles. The van der Waals surface area contributed by atoms with Gasteiger partial charge in [-0.3, -0.25) is 4.79 Å². The van der Waals surface area contributed by atoms with Crippen LogP contribution < -0.4 is 5.73 Å². The molecule has 70 heavy (non-hydrogen) atoms. The van der Waals surface area contributed by atoms with Crippen LogP contribution in [0.3, 0.4) is 0 Å². The Hall–Kier alpha value is -1.59. The standard InChI is InChI=1S/C57H111NO8Si4/c1-30-31-32-39(3)49(62-53(58)60)44(8)50(65-69(26,27)56(16,17)18)42(6)36-38(2)35-41(5)48(64-68(24,25)55(13,14)15)40(4)33-34-46(63-67(22,23)54(10,11)12)37-47-43(7)51(45(9)52(59)61-47)66-70(28,29)57(19,20)21/h30-35,39-51H,1,36-37H2,2-29H3,(H2,58,60)/t39-,40-,41-,42-,43-,44+,45+,46+,47-,48-,49-,50+,51-/m0/s1. The van der Waals surface area contributed by atoms with Crippen LogP contribution in [0.4, 0.5) is 4.79 Å². The first-order valence-electron chi connectivity index (χ1n) is 26.8. The van der Waals surface area contributed by atoms with Crippen LogP contribution in [-0.2, 0) is 32.0 Å². The van der Waals surface area contributed by atoms with Crippen LogP contribution in [0.2, 0.25) is 72.5 Å². The highest BCUT2D eigenvalue weighted by molar-refractivity contribution is 6.75. The summed E-state index contributed by atoms with van der Waals surface area (Å²) in [5.74, 6) is -0.587. The van der Waals surface area contributed by atoms with Crippen molar-refractivity contribution >= 4 is 45.3 Å². The van der Waals surface area contributed by atoms with Crippen LogP contribution in [0, 0.1) is 41.4 Å². The fourth-order valence-electron chi connectivity index (χ4n) is 8.60. The van der Waals surface area contributed by atoms with Gasteiger partial charge in [-0.15, -0.1) is 0 Å². The number of allylic oxidation sites excluding steroid dienone is 3. The molecule has 9 nitrogen and oxygen atoms in total. The number of carbonyl (C=O) groups is 2. The van der Waals surface area contributed by atoms with Crippen molar-refractivity contribution in [1.82, 2.24) is 0 Å². The molecule has 0 bridgehead atoms. The van der Waals surface area contributed by atoms with E-state index in [2.05, 4.69) is 209 Å². The maximum atomic E-state index is 13.6. The number of nitrogens with two attached hydrogens (primary N) is 1. The summed E-state index contributed by atoms with van der Waals surface area (Å²) in [6.45, 7) is 66.9. The molecule has 408 valence electrons. The molecule has 1 aliphatic heterocycles. The van der Waals surface area contributed by atoms with Gasteiger partial charge in [0.05, 0.1) is 30.3 Å². The van der Waals surface area contributed by atoms with Crippen LogP contribution in [0.5, 0.6) is 0 Å². The number of carbonyl (C=O) groups excluding carboxylic acids is 2. The number of cyclic esters (lactones) is 1. The number of ether oxygens (including phenoxy) is 2. The van der Waals surface area contributed by atoms with Gasteiger partial charge < -0.3 is 32.9 Å². The third-order valence-corrected chi connectivity index (χ3v) is 35.4. The van der Waals surface area contributed by atoms with Crippen molar-refractivity contribution in [2.24, 2.45) is 47.2 Å². The zero-order valence-corrected chi connectivity index (χ0v) is 54.4. The van der Waals surface area contributed by atoms with E-state index >= 15 is 0 Å². The van der Waals surface area contributed by atoms with Gasteiger partial charge in [0.2, 0.25) is 0 Å². The summed E-state index contributed by atoms with van der Waals surface area (Å²) in [6, 6.07) is 0. The van der Waals surface area contributed by atoms with E-state index in [9.17, 15) is 9.59 Å². The summed E-state index contributed by atoms with van der Waals surface area (Å²) < 4.78 is 41.3. The molecule has 1 heterocycles. The van der Waals surface area contributed by atoms with Crippen molar-refractivity contribution in [3.05, 3.63) is 48.6 Å². The number of esters is 1. The van der Waals surface area contributed by atoms with E-state index in [0.717, 1.165) is 6.42 Å². The summed E-state index contributed by atoms with van der Waals surface area (Å²) in [7, 11) is -8.99. The molecular weight excluding hydrogens is 939 g/mol. The average Bonchev–Trinajstić information content (AvgIpc) is 3.17. The summed E-state index contributed by atoms with van der Waals surface area (Å²) in [5.41, 5.74) is 6.98. The minimum atomic E-state index is -2.27. The minimum Gasteiger partial charge on any atom is -0.462 e. The minimum absolute atomic E-state index is 0.00252. The number of primary amides is 1. The van der Waals surface area contributed by atoms with Crippen molar-refractivity contribution in [2.75, 3.05) is 0 Å². The first kappa shape index (κ1) is 66.4. The summed E-state index contributed by atoms with van der Waals surface area (Å²) in [6.07, 6.45) is 11.5. The average molecular weight is 1050 g/mol. The first-order chi connectivity index (χ1) is 31.2. The molecule has 0 aliphatic carbocycles. The topological polar surface area (TPSA) is 116 Å². The number of rotatable bonds is 24. The molecule has 13 atom stereocenters. The molecule has 2 N–H and O–H groups in total. The summed E-state index contributed by atoms with van der Waals surface area (Å²) in [5, 5.41) is -0.0310. The summed E-state index contributed by atoms with van der Waals surface area (Å²) in [4.78, 5) is 26.0. The van der Waals surface area contributed by atoms with Crippen molar-refractivity contribution in [3.8, 4) is 0 Å². The largest absolute Gasteiger partial charge is 0.462 e. The predicted molar refractivity (Wildman–Crippen MR) is 308 cm³/mol. The van der Waals surface area contributed by atoms with Crippen LogP contribution in [-0.4, -0.2) is 82.0 Å². The normalized spacial score (nSPS) is 23.8. The molecule has 0 aromatic carbocycles. The molecule has 0 spiro atoms. The van der Waals surface area contributed by atoms with Crippen molar-refractivity contribution in [3.63, 3.8) is 0 Å². The van der Waals surface area contributed by atoms with Crippen LogP contribution in [0.25, 0.3) is 0 Å². The Labute approximate surface area is 436 Å². The van der Waals surface area contributed by atoms with Crippen LogP contribution in [0.1, 0.15) is 151 Å². The fourth-order valence-corrected chi connectivity index (χ4v) is 14.3. The van der Waals surface area contributed by atoms with E-state index in [0.29, 0.717) is 6.42 Å². The number of hydrogen-bond acceptors (Lipinski definition) is 8. The lowest BCUT2D eigenvalue weighted by molar-refractivity contribution is -0.177. The number of hydrogen-bond donors (Lipinski definition) is 1. The van der Waals surface area contributed by atoms with Gasteiger partial charge in [0.1, 0.15) is 12.2 Å². The van der Waals surface area contributed by atoms with E-state index < -0.39 is 45.5 Å². The molecule has 0 radical (unpaired) electrons. The molecule has 0 saturated carbocycles. The van der Waals surface area contributed by atoms with Crippen molar-refractivity contribution < 1.29 is 36.8 Å². The highest BCUT2D eigenvalue weighted by Crippen LogP contribution is 2.45. The van der Waals surface area contributed by atoms with E-state index in [4.69, 9.17) is 32.9 Å². The third-order valence-electron chi connectivity index (χ3n) is 17.4. The Morgan fingerprint density at radius 2 is 1.11 bits per heavy atom. The van der Waals surface area contributed by atoms with Gasteiger partial charge in [-0.25, -0.2) is 4.79 Å². The lowest BCUT2D eigenvalue weighted by Gasteiger charge is -2.47. The SMILES string of the molecule is C=CC=C[C@H](C)[C@H](OC(N)=O)[C@@H](C)[C@H](O[Si](C)(C)C(C)(C)C)[C@@H](C)CC(C)=C[C@H](C)[C@@H](O[Si](C)(C)C(C)(C)C)[C@@H](C)C=C[C@H](C[C@@H]1OC(=O)[C@H](C)[C@@H](O[Si](C)(C)C(C)(C)C)[C@H]1C)O[Si](C)(C)C(C)(C)C. The Morgan fingerprint density at radius 1 is 0.671 bits per heavy atom. The highest BCUT2D eigenvalue weighted by Gasteiger charge is 2.50. The molecular formula is C57H111NO8Si4.